The van der Waals surface area contributed by atoms with Crippen LogP contribution in [-0.4, -0.2) is 146 Å². The largest absolute Gasteiger partial charge is 0.480 e. The third-order valence-corrected chi connectivity index (χ3v) is 6.90. The van der Waals surface area contributed by atoms with Gasteiger partial charge in [-0.05, 0) is 6.42 Å². The molecule has 0 bridgehead atoms. The Morgan fingerprint density at radius 2 is 1.36 bits per heavy atom. The number of carboxylic acids is 1. The predicted molar refractivity (Wildman–Crippen MR) is 161 cm³/mol. The van der Waals surface area contributed by atoms with Gasteiger partial charge in [0.2, 0.25) is 11.8 Å². The zero-order valence-electron chi connectivity index (χ0n) is 25.6. The summed E-state index contributed by atoms with van der Waals surface area (Å²) >= 11 is 1.13. The van der Waals surface area contributed by atoms with Crippen molar-refractivity contribution in [3.8, 4) is 0 Å². The van der Waals surface area contributed by atoms with E-state index in [9.17, 15) is 14.4 Å². The van der Waals surface area contributed by atoms with Gasteiger partial charge in [-0.1, -0.05) is 6.92 Å². The van der Waals surface area contributed by atoms with Crippen LogP contribution in [0.15, 0.2) is 17.0 Å². The first-order valence-corrected chi connectivity index (χ1v) is 15.8. The molecular formula is C27H49N5O11S. The van der Waals surface area contributed by atoms with E-state index in [1.165, 1.54) is 6.20 Å². The smallest absolute Gasteiger partial charge is 0.327 e. The van der Waals surface area contributed by atoms with Crippen LogP contribution < -0.4 is 16.0 Å². The molecule has 2 atom stereocenters. The maximum absolute atomic E-state index is 12.1. The summed E-state index contributed by atoms with van der Waals surface area (Å²) in [6, 6.07) is -0.947. The van der Waals surface area contributed by atoms with Crippen molar-refractivity contribution in [2.24, 2.45) is 5.11 Å². The number of aliphatic carboxylic acids is 1. The minimum absolute atomic E-state index is 0.00929. The number of nitrogens with one attached hydrogen (secondary N) is 4. The molecule has 0 aromatic heterocycles. The molecule has 0 aromatic carbocycles. The van der Waals surface area contributed by atoms with Crippen molar-refractivity contribution in [2.45, 2.75) is 31.1 Å². The van der Waals surface area contributed by atoms with Crippen molar-refractivity contribution in [2.75, 3.05) is 111 Å². The van der Waals surface area contributed by atoms with Crippen LogP contribution in [0.5, 0.6) is 0 Å². The van der Waals surface area contributed by atoms with E-state index in [1.807, 2.05) is 0 Å². The quantitative estimate of drug-likeness (QED) is 0.0519. The molecule has 2 amide bonds. The second kappa shape index (κ2) is 28.1. The second-order valence-electron chi connectivity index (χ2n) is 9.19. The number of rotatable bonds is 30. The van der Waals surface area contributed by atoms with Gasteiger partial charge in [0, 0.05) is 31.5 Å². The summed E-state index contributed by atoms with van der Waals surface area (Å²) in [5, 5.41) is 19.6. The number of hydrogen-bond donors (Lipinski definition) is 5. The van der Waals surface area contributed by atoms with Crippen molar-refractivity contribution in [3.05, 3.63) is 11.9 Å². The highest BCUT2D eigenvalue weighted by molar-refractivity contribution is 8.00. The molecule has 254 valence electrons. The van der Waals surface area contributed by atoms with E-state index >= 15 is 0 Å². The molecule has 1 aliphatic rings. The van der Waals surface area contributed by atoms with Gasteiger partial charge in [-0.2, -0.15) is 5.11 Å². The lowest BCUT2D eigenvalue weighted by molar-refractivity contribution is -0.141. The molecule has 1 heterocycles. The van der Waals surface area contributed by atoms with E-state index in [0.717, 1.165) is 24.8 Å². The van der Waals surface area contributed by atoms with Gasteiger partial charge in [0.15, 0.2) is 0 Å². The highest BCUT2D eigenvalue weighted by Crippen LogP contribution is 2.21. The molecule has 1 saturated heterocycles. The molecule has 1 aliphatic heterocycles. The Hall–Kier alpha value is -2.38. The zero-order chi connectivity index (χ0) is 32.1. The van der Waals surface area contributed by atoms with Crippen LogP contribution in [0.4, 0.5) is 0 Å². The van der Waals surface area contributed by atoms with E-state index in [-0.39, 0.29) is 24.4 Å². The fourth-order valence-electron chi connectivity index (χ4n) is 3.32. The maximum Gasteiger partial charge on any atom is 0.327 e. The molecule has 0 spiro atoms. The van der Waals surface area contributed by atoms with Crippen LogP contribution in [0.3, 0.4) is 0 Å². The molecule has 1 fully saturated rings. The Balaban J connectivity index is 1.87. The number of nitrogens with zero attached hydrogens (tertiary/aromatic N) is 1. The van der Waals surface area contributed by atoms with Crippen LogP contribution in [0.25, 0.3) is 0 Å². The molecule has 1 rings (SSSR count). The predicted octanol–water partition coefficient (Wildman–Crippen LogP) is 0.166. The summed E-state index contributed by atoms with van der Waals surface area (Å²) in [6.45, 7) is 9.67. The molecule has 16 nitrogen and oxygen atoms in total. The van der Waals surface area contributed by atoms with Gasteiger partial charge in [-0.25, -0.2) is 10.3 Å². The van der Waals surface area contributed by atoms with Crippen LogP contribution in [0, 0.1) is 5.53 Å². The van der Waals surface area contributed by atoms with E-state index in [1.54, 1.807) is 0 Å². The van der Waals surface area contributed by atoms with Crippen LogP contribution >= 0.6 is 11.8 Å². The van der Waals surface area contributed by atoms with Crippen LogP contribution in [0.1, 0.15) is 19.8 Å². The van der Waals surface area contributed by atoms with Gasteiger partial charge in [0.05, 0.1) is 103 Å². The highest BCUT2D eigenvalue weighted by atomic mass is 32.2. The molecule has 5 N–H and O–H groups in total. The van der Waals surface area contributed by atoms with Crippen molar-refractivity contribution >= 4 is 29.5 Å². The van der Waals surface area contributed by atoms with E-state index in [0.29, 0.717) is 92.4 Å². The van der Waals surface area contributed by atoms with Crippen molar-refractivity contribution in [1.29, 1.82) is 5.53 Å². The number of thioether (sulfide) groups is 1. The third-order valence-electron chi connectivity index (χ3n) is 5.59. The number of hydrogen-bond acceptors (Lipinski definition) is 14. The Kier molecular flexibility index (Phi) is 25.3. The molecule has 0 aliphatic carbocycles. The SMILES string of the molecule is CCCOCCOCCOCCOCCOCCOCCOCCN/C=C(/CNC(=O)CC1SCC(C(=O)O)NC1=O)N=N. The number of ether oxygens (including phenoxy) is 7. The van der Waals surface area contributed by atoms with Crippen LogP contribution in [0.2, 0.25) is 0 Å². The summed E-state index contributed by atoms with van der Waals surface area (Å²) in [6.07, 6.45) is 2.42. The van der Waals surface area contributed by atoms with E-state index in [4.69, 9.17) is 43.8 Å². The Morgan fingerprint density at radius 1 is 0.886 bits per heavy atom. The highest BCUT2D eigenvalue weighted by Gasteiger charge is 2.33. The molecule has 44 heavy (non-hydrogen) atoms. The molecule has 2 unspecified atom stereocenters. The number of carboxylic acid groups (broad SMARTS) is 1. The molecule has 17 heteroatoms. The normalized spacial score (nSPS) is 16.8. The van der Waals surface area contributed by atoms with Crippen LogP contribution in [-0.2, 0) is 47.5 Å². The van der Waals surface area contributed by atoms with Gasteiger partial charge < -0.3 is 54.2 Å². The molecule has 0 aromatic rings. The Morgan fingerprint density at radius 3 is 1.80 bits per heavy atom. The minimum Gasteiger partial charge on any atom is -0.480 e. The second-order valence-corrected chi connectivity index (χ2v) is 10.4. The summed E-state index contributed by atoms with van der Waals surface area (Å²) in [5.74, 6) is -1.79. The first-order chi connectivity index (χ1) is 21.5. The minimum atomic E-state index is -1.11. The Labute approximate surface area is 263 Å². The van der Waals surface area contributed by atoms with Crippen molar-refractivity contribution < 1.29 is 52.6 Å². The third kappa shape index (κ3) is 22.2. The number of amides is 2. The summed E-state index contributed by atoms with van der Waals surface area (Å²) in [4.78, 5) is 35.1. The first-order valence-electron chi connectivity index (χ1n) is 14.7. The van der Waals surface area contributed by atoms with E-state index in [2.05, 4.69) is 28.0 Å². The fraction of sp³-hybridized carbons (Fsp3) is 0.815. The maximum atomic E-state index is 12.1. The lowest BCUT2D eigenvalue weighted by Gasteiger charge is -2.25. The molecule has 0 saturated carbocycles. The number of carbonyl (C=O) groups excluding carboxylic acids is 2. The summed E-state index contributed by atoms with van der Waals surface area (Å²) in [5.41, 5.74) is 7.54. The summed E-state index contributed by atoms with van der Waals surface area (Å²) in [7, 11) is 0. The fourth-order valence-corrected chi connectivity index (χ4v) is 4.46. The molecular weight excluding hydrogens is 602 g/mol. The van der Waals surface area contributed by atoms with Gasteiger partial charge in [0.25, 0.3) is 0 Å². The lowest BCUT2D eigenvalue weighted by atomic mass is 10.2. The average molecular weight is 652 g/mol. The first kappa shape index (κ1) is 39.6. The van der Waals surface area contributed by atoms with Gasteiger partial charge in [0.1, 0.15) is 6.04 Å². The van der Waals surface area contributed by atoms with Crippen molar-refractivity contribution in [1.82, 2.24) is 16.0 Å². The summed E-state index contributed by atoms with van der Waals surface area (Å²) < 4.78 is 37.9. The van der Waals surface area contributed by atoms with Gasteiger partial charge in [-0.3, -0.25) is 9.59 Å². The van der Waals surface area contributed by atoms with Gasteiger partial charge >= 0.3 is 5.97 Å². The average Bonchev–Trinajstić information content (AvgIpc) is 3.01. The Bertz CT molecular complexity index is 825. The number of carbonyl (C=O) groups is 3. The molecule has 0 radical (unpaired) electrons. The topological polar surface area (TPSA) is 208 Å². The van der Waals surface area contributed by atoms with E-state index < -0.39 is 29.1 Å². The standard InChI is InChI=1S/C27H49N5O11S/c1-2-4-37-6-8-39-10-12-41-14-16-43-17-15-42-13-11-40-9-7-38-5-3-29-19-22(32-28)20-30-25(33)18-24-26(34)31-23(21-44-24)27(35)36/h19,23-24,28-29H,2-18,20-21H2,1H3,(H,30,33)(H,31,34)(H,35,36)/b22-19-,32-28?. The monoisotopic (exact) mass is 651 g/mol. The van der Waals surface area contributed by atoms with Crippen molar-refractivity contribution in [3.63, 3.8) is 0 Å². The van der Waals surface area contributed by atoms with Gasteiger partial charge in [-0.15, -0.1) is 11.8 Å². The lowest BCUT2D eigenvalue weighted by Crippen LogP contribution is -2.51. The zero-order valence-corrected chi connectivity index (χ0v) is 26.4.